The summed E-state index contributed by atoms with van der Waals surface area (Å²) < 4.78 is 0. The zero-order valence-corrected chi connectivity index (χ0v) is 15.9. The minimum absolute atomic E-state index is 0.340. The zero-order chi connectivity index (χ0) is 19.1. The lowest BCUT2D eigenvalue weighted by molar-refractivity contribution is 0.940. The van der Waals surface area contributed by atoms with Gasteiger partial charge in [-0.05, 0) is 11.6 Å². The van der Waals surface area contributed by atoms with Gasteiger partial charge in [0.15, 0.2) is 0 Å². The summed E-state index contributed by atoms with van der Waals surface area (Å²) in [5.74, 6) is 1.33. The van der Waals surface area contributed by atoms with Gasteiger partial charge in [0.1, 0.15) is 0 Å². The van der Waals surface area contributed by atoms with Gasteiger partial charge >= 0.3 is 0 Å². The normalized spacial score (nSPS) is 10.8. The highest BCUT2D eigenvalue weighted by Gasteiger charge is 2.08. The monoisotopic (exact) mass is 381 g/mol. The van der Waals surface area contributed by atoms with Crippen LogP contribution in [0.3, 0.4) is 0 Å². The third kappa shape index (κ3) is 5.39. The minimum Gasteiger partial charge on any atom is -0.350 e. The van der Waals surface area contributed by atoms with Crippen LogP contribution in [0, 0.1) is 0 Å². The van der Waals surface area contributed by atoms with Gasteiger partial charge in [0.2, 0.25) is 17.8 Å². The van der Waals surface area contributed by atoms with E-state index < -0.39 is 0 Å². The predicted molar refractivity (Wildman–Crippen MR) is 111 cm³/mol. The van der Waals surface area contributed by atoms with E-state index in [2.05, 4.69) is 30.8 Å². The Hall–Kier alpha value is -3.19. The third-order valence-corrected chi connectivity index (χ3v) is 3.93. The Morgan fingerprint density at radius 1 is 0.963 bits per heavy atom. The fourth-order valence-corrected chi connectivity index (χ4v) is 2.39. The van der Waals surface area contributed by atoms with Crippen molar-refractivity contribution in [2.75, 3.05) is 29.7 Å². The number of nitrogens with one attached hydrogen (secondary N) is 2. The molecule has 7 nitrogen and oxygen atoms in total. The lowest BCUT2D eigenvalue weighted by Crippen LogP contribution is -2.16. The Morgan fingerprint density at radius 2 is 1.67 bits per heavy atom. The molecule has 0 radical (unpaired) electrons. The maximum atomic E-state index is 6.12. The molecular weight excluding hydrogens is 362 g/mol. The molecule has 1 aromatic heterocycles. The average Bonchev–Trinajstić information content (AvgIpc) is 2.68. The molecule has 0 saturated carbocycles. The van der Waals surface area contributed by atoms with Crippen molar-refractivity contribution in [3.63, 3.8) is 0 Å². The van der Waals surface area contributed by atoms with E-state index in [9.17, 15) is 0 Å². The molecule has 0 aliphatic carbocycles. The van der Waals surface area contributed by atoms with E-state index >= 15 is 0 Å². The molecule has 3 aromatic rings. The van der Waals surface area contributed by atoms with Gasteiger partial charge in [-0.2, -0.15) is 20.1 Å². The predicted octanol–water partition coefficient (Wildman–Crippen LogP) is 3.65. The lowest BCUT2D eigenvalue weighted by Gasteiger charge is -2.13. The first-order chi connectivity index (χ1) is 13.1. The van der Waals surface area contributed by atoms with Crippen molar-refractivity contribution in [1.82, 2.24) is 15.0 Å². The summed E-state index contributed by atoms with van der Waals surface area (Å²) in [5.41, 5.74) is 4.77. The zero-order valence-electron chi connectivity index (χ0n) is 15.1. The minimum atomic E-state index is 0.340. The quantitative estimate of drug-likeness (QED) is 0.480. The Morgan fingerprint density at radius 3 is 2.41 bits per heavy atom. The summed E-state index contributed by atoms with van der Waals surface area (Å²) in [6, 6.07) is 17.5. The van der Waals surface area contributed by atoms with Crippen molar-refractivity contribution < 1.29 is 0 Å². The highest BCUT2D eigenvalue weighted by atomic mass is 35.5. The molecule has 27 heavy (non-hydrogen) atoms. The van der Waals surface area contributed by atoms with Gasteiger partial charge in [0, 0.05) is 31.2 Å². The summed E-state index contributed by atoms with van der Waals surface area (Å²) in [6.07, 6.45) is 1.62. The second-order valence-electron chi connectivity index (χ2n) is 5.91. The van der Waals surface area contributed by atoms with Crippen LogP contribution in [-0.2, 0) is 6.54 Å². The summed E-state index contributed by atoms with van der Waals surface area (Å²) in [5, 5.41) is 8.01. The third-order valence-electron chi connectivity index (χ3n) is 3.59. The molecule has 0 unspecified atom stereocenters. The van der Waals surface area contributed by atoms with E-state index in [0.717, 1.165) is 11.1 Å². The van der Waals surface area contributed by atoms with Gasteiger partial charge in [-0.15, -0.1) is 0 Å². The Bertz CT molecular complexity index is 913. The van der Waals surface area contributed by atoms with Crippen LogP contribution >= 0.6 is 11.6 Å². The van der Waals surface area contributed by atoms with Crippen molar-refractivity contribution in [2.45, 2.75) is 6.54 Å². The number of benzene rings is 2. The van der Waals surface area contributed by atoms with E-state index in [0.29, 0.717) is 29.4 Å². The Balaban J connectivity index is 1.74. The second-order valence-corrected chi connectivity index (χ2v) is 6.31. The highest BCUT2D eigenvalue weighted by molar-refractivity contribution is 6.33. The number of aromatic nitrogens is 3. The van der Waals surface area contributed by atoms with Gasteiger partial charge in [0.25, 0.3) is 0 Å². The lowest BCUT2D eigenvalue weighted by atomic mass is 10.2. The molecule has 8 heteroatoms. The molecule has 2 N–H and O–H groups in total. The molecule has 0 amide bonds. The molecule has 0 aliphatic rings. The van der Waals surface area contributed by atoms with Crippen molar-refractivity contribution in [3.8, 4) is 0 Å². The number of nitrogens with zero attached hydrogens (tertiary/aromatic N) is 5. The van der Waals surface area contributed by atoms with Crippen LogP contribution in [0.25, 0.3) is 0 Å². The SMILES string of the molecule is CN(C)c1nc(NCc2ccccc2)nc(N/N=C/c2ccccc2Cl)n1. The summed E-state index contributed by atoms with van der Waals surface area (Å²) in [7, 11) is 3.74. The molecule has 2 aromatic carbocycles. The van der Waals surface area contributed by atoms with Crippen LogP contribution in [0.4, 0.5) is 17.8 Å². The summed E-state index contributed by atoms with van der Waals surface area (Å²) >= 11 is 6.12. The number of anilines is 3. The Labute approximate surface area is 163 Å². The molecule has 0 saturated heterocycles. The van der Waals surface area contributed by atoms with E-state index in [1.165, 1.54) is 0 Å². The molecule has 0 atom stereocenters. The number of hydrazone groups is 1. The van der Waals surface area contributed by atoms with Crippen LogP contribution in [0.5, 0.6) is 0 Å². The van der Waals surface area contributed by atoms with E-state index in [1.807, 2.05) is 68.7 Å². The molecule has 138 valence electrons. The first-order valence-electron chi connectivity index (χ1n) is 8.36. The molecular formula is C19H20ClN7. The van der Waals surface area contributed by atoms with Gasteiger partial charge in [0.05, 0.1) is 6.21 Å². The number of halogens is 1. The van der Waals surface area contributed by atoms with E-state index in [-0.39, 0.29) is 0 Å². The van der Waals surface area contributed by atoms with Crippen molar-refractivity contribution in [2.24, 2.45) is 5.10 Å². The van der Waals surface area contributed by atoms with Gasteiger partial charge in [-0.3, -0.25) is 0 Å². The highest BCUT2D eigenvalue weighted by Crippen LogP contribution is 2.14. The molecule has 0 fully saturated rings. The number of hydrogen-bond donors (Lipinski definition) is 2. The topological polar surface area (TPSA) is 78.3 Å². The molecule has 0 bridgehead atoms. The van der Waals surface area contributed by atoms with Crippen LogP contribution in [-0.4, -0.2) is 35.3 Å². The van der Waals surface area contributed by atoms with Crippen molar-refractivity contribution in [3.05, 3.63) is 70.7 Å². The maximum Gasteiger partial charge on any atom is 0.250 e. The van der Waals surface area contributed by atoms with Crippen molar-refractivity contribution in [1.29, 1.82) is 0 Å². The van der Waals surface area contributed by atoms with Crippen LogP contribution in [0.15, 0.2) is 59.7 Å². The maximum absolute atomic E-state index is 6.12. The van der Waals surface area contributed by atoms with E-state index in [1.54, 1.807) is 11.1 Å². The largest absolute Gasteiger partial charge is 0.350 e. The van der Waals surface area contributed by atoms with E-state index in [4.69, 9.17) is 11.6 Å². The first-order valence-corrected chi connectivity index (χ1v) is 8.74. The fraction of sp³-hybridized carbons (Fsp3) is 0.158. The van der Waals surface area contributed by atoms with Gasteiger partial charge < -0.3 is 10.2 Å². The standard InChI is InChI=1S/C19H20ClN7/c1-27(2)19-24-17(21-12-14-8-4-3-5-9-14)23-18(25-19)26-22-13-15-10-6-7-11-16(15)20/h3-11,13H,12H2,1-2H3,(H2,21,23,24,25,26)/b22-13+. The second kappa shape index (κ2) is 8.95. The van der Waals surface area contributed by atoms with Gasteiger partial charge in [-0.1, -0.05) is 60.1 Å². The first kappa shape index (κ1) is 18.6. The van der Waals surface area contributed by atoms with Crippen molar-refractivity contribution >= 4 is 35.7 Å². The fourth-order valence-electron chi connectivity index (χ4n) is 2.21. The number of rotatable bonds is 7. The smallest absolute Gasteiger partial charge is 0.250 e. The van der Waals surface area contributed by atoms with Crippen LogP contribution in [0.2, 0.25) is 5.02 Å². The average molecular weight is 382 g/mol. The summed E-state index contributed by atoms with van der Waals surface area (Å²) in [6.45, 7) is 0.611. The summed E-state index contributed by atoms with van der Waals surface area (Å²) in [4.78, 5) is 14.9. The van der Waals surface area contributed by atoms with Gasteiger partial charge in [-0.25, -0.2) is 5.43 Å². The van der Waals surface area contributed by atoms with Crippen LogP contribution in [0.1, 0.15) is 11.1 Å². The molecule has 1 heterocycles. The molecule has 0 spiro atoms. The molecule has 3 rings (SSSR count). The number of hydrogen-bond acceptors (Lipinski definition) is 7. The Kier molecular flexibility index (Phi) is 6.17. The molecule has 0 aliphatic heterocycles. The van der Waals surface area contributed by atoms with Crippen LogP contribution < -0.4 is 15.6 Å².